The third-order valence-electron chi connectivity index (χ3n) is 4.04. The lowest BCUT2D eigenvalue weighted by Crippen LogP contribution is -2.30. The molecule has 2 aromatic heterocycles. The van der Waals surface area contributed by atoms with Crippen molar-refractivity contribution in [3.63, 3.8) is 0 Å². The number of aromatic nitrogens is 5. The van der Waals surface area contributed by atoms with E-state index in [1.54, 1.807) is 6.92 Å². The standard InChI is InChI=1S/C15H20N6O2/c1-10-8-11(2)20(15(23)17-10)7-5-14(22)16-9-13-19-18-12-4-3-6-21(12)13/h8H,3-7,9H2,1-2H3,(H,16,22). The number of nitrogens with one attached hydrogen (secondary N) is 1. The molecule has 0 radical (unpaired) electrons. The van der Waals surface area contributed by atoms with Gasteiger partial charge in [0.15, 0.2) is 5.82 Å². The van der Waals surface area contributed by atoms with E-state index < -0.39 is 0 Å². The lowest BCUT2D eigenvalue weighted by molar-refractivity contribution is -0.121. The second kappa shape index (κ2) is 6.31. The summed E-state index contributed by atoms with van der Waals surface area (Å²) in [7, 11) is 0. The van der Waals surface area contributed by atoms with E-state index in [1.165, 1.54) is 4.57 Å². The van der Waals surface area contributed by atoms with Crippen LogP contribution in [0.3, 0.4) is 0 Å². The molecule has 0 spiro atoms. The maximum atomic E-state index is 12.0. The number of aryl methyl sites for hydroxylation is 3. The Hall–Kier alpha value is -2.51. The fraction of sp³-hybridized carbons (Fsp3) is 0.533. The van der Waals surface area contributed by atoms with Crippen molar-refractivity contribution in [1.29, 1.82) is 0 Å². The van der Waals surface area contributed by atoms with Gasteiger partial charge in [0.05, 0.1) is 6.54 Å². The topological polar surface area (TPSA) is 94.7 Å². The van der Waals surface area contributed by atoms with Gasteiger partial charge in [0.2, 0.25) is 5.91 Å². The molecule has 1 aliphatic rings. The van der Waals surface area contributed by atoms with Crippen molar-refractivity contribution >= 4 is 5.91 Å². The second-order valence-corrected chi connectivity index (χ2v) is 5.79. The van der Waals surface area contributed by atoms with Gasteiger partial charge in [-0.05, 0) is 26.3 Å². The molecule has 0 saturated heterocycles. The lowest BCUT2D eigenvalue weighted by atomic mass is 10.3. The molecule has 1 N–H and O–H groups in total. The number of carbonyl (C=O) groups is 1. The number of amides is 1. The fourth-order valence-corrected chi connectivity index (χ4v) is 2.87. The zero-order chi connectivity index (χ0) is 16.4. The summed E-state index contributed by atoms with van der Waals surface area (Å²) in [6, 6.07) is 1.83. The Bertz CT molecular complexity index is 792. The molecule has 0 bridgehead atoms. The number of nitrogens with zero attached hydrogens (tertiary/aromatic N) is 5. The Morgan fingerprint density at radius 2 is 2.17 bits per heavy atom. The fourth-order valence-electron chi connectivity index (χ4n) is 2.87. The van der Waals surface area contributed by atoms with Gasteiger partial charge in [-0.1, -0.05) is 0 Å². The third-order valence-corrected chi connectivity index (χ3v) is 4.04. The summed E-state index contributed by atoms with van der Waals surface area (Å²) in [5.41, 5.74) is 1.19. The molecule has 23 heavy (non-hydrogen) atoms. The maximum absolute atomic E-state index is 12.0. The number of hydrogen-bond acceptors (Lipinski definition) is 5. The average molecular weight is 316 g/mol. The van der Waals surface area contributed by atoms with Gasteiger partial charge in [-0.15, -0.1) is 10.2 Å². The first-order valence-electron chi connectivity index (χ1n) is 7.77. The zero-order valence-corrected chi connectivity index (χ0v) is 13.4. The van der Waals surface area contributed by atoms with Crippen LogP contribution in [0.25, 0.3) is 0 Å². The molecule has 2 aromatic rings. The van der Waals surface area contributed by atoms with Gasteiger partial charge in [0, 0.05) is 37.3 Å². The molecule has 0 unspecified atom stereocenters. The van der Waals surface area contributed by atoms with E-state index >= 15 is 0 Å². The van der Waals surface area contributed by atoms with Gasteiger partial charge in [-0.3, -0.25) is 9.36 Å². The van der Waals surface area contributed by atoms with Gasteiger partial charge in [-0.2, -0.15) is 4.98 Å². The van der Waals surface area contributed by atoms with Crippen LogP contribution in [0, 0.1) is 13.8 Å². The number of fused-ring (bicyclic) bond motifs is 1. The van der Waals surface area contributed by atoms with E-state index in [1.807, 2.05) is 13.0 Å². The highest BCUT2D eigenvalue weighted by Crippen LogP contribution is 2.13. The number of rotatable bonds is 5. The van der Waals surface area contributed by atoms with Crippen LogP contribution < -0.4 is 11.0 Å². The third kappa shape index (κ3) is 3.30. The SMILES string of the molecule is Cc1cc(C)n(CCC(=O)NCc2nnc3n2CCC3)c(=O)n1. The van der Waals surface area contributed by atoms with Crippen LogP contribution >= 0.6 is 0 Å². The first-order valence-corrected chi connectivity index (χ1v) is 7.77. The smallest absolute Gasteiger partial charge is 0.347 e. The molecular weight excluding hydrogens is 296 g/mol. The summed E-state index contributed by atoms with van der Waals surface area (Å²) in [6.45, 7) is 5.22. The molecule has 8 heteroatoms. The highest BCUT2D eigenvalue weighted by Gasteiger charge is 2.17. The second-order valence-electron chi connectivity index (χ2n) is 5.79. The lowest BCUT2D eigenvalue weighted by Gasteiger charge is -2.10. The molecule has 1 aliphatic heterocycles. The van der Waals surface area contributed by atoms with Gasteiger partial charge in [0.25, 0.3) is 0 Å². The van der Waals surface area contributed by atoms with Crippen LogP contribution in [0.15, 0.2) is 10.9 Å². The van der Waals surface area contributed by atoms with E-state index in [-0.39, 0.29) is 18.0 Å². The molecule has 3 heterocycles. The number of carbonyl (C=O) groups excluding carboxylic acids is 1. The van der Waals surface area contributed by atoms with Crippen molar-refractivity contribution in [2.75, 3.05) is 0 Å². The summed E-state index contributed by atoms with van der Waals surface area (Å²) in [5.74, 6) is 1.66. The summed E-state index contributed by atoms with van der Waals surface area (Å²) in [5, 5.41) is 11.0. The van der Waals surface area contributed by atoms with Crippen LogP contribution in [-0.2, 0) is 30.8 Å². The molecule has 0 aliphatic carbocycles. The van der Waals surface area contributed by atoms with Crippen LogP contribution in [0.5, 0.6) is 0 Å². The first kappa shape index (κ1) is 15.4. The van der Waals surface area contributed by atoms with Crippen molar-refractivity contribution in [1.82, 2.24) is 29.6 Å². The molecule has 0 saturated carbocycles. The quantitative estimate of drug-likeness (QED) is 0.844. The maximum Gasteiger partial charge on any atom is 0.347 e. The molecule has 8 nitrogen and oxygen atoms in total. The molecule has 0 fully saturated rings. The Kier molecular flexibility index (Phi) is 4.22. The minimum Gasteiger partial charge on any atom is -0.349 e. The van der Waals surface area contributed by atoms with E-state index in [0.29, 0.717) is 18.8 Å². The number of hydrogen-bond donors (Lipinski definition) is 1. The van der Waals surface area contributed by atoms with Crippen LogP contribution in [-0.4, -0.2) is 30.2 Å². The van der Waals surface area contributed by atoms with E-state index in [4.69, 9.17) is 0 Å². The Labute approximate surface area is 133 Å². The highest BCUT2D eigenvalue weighted by atomic mass is 16.2. The summed E-state index contributed by atoms with van der Waals surface area (Å²) < 4.78 is 3.57. The minimum absolute atomic E-state index is 0.118. The first-order chi connectivity index (χ1) is 11.0. The van der Waals surface area contributed by atoms with E-state index in [0.717, 1.165) is 36.7 Å². The van der Waals surface area contributed by atoms with E-state index in [9.17, 15) is 9.59 Å². The predicted octanol–water partition coefficient (Wildman–Crippen LogP) is 0.104. The highest BCUT2D eigenvalue weighted by molar-refractivity contribution is 5.75. The van der Waals surface area contributed by atoms with Gasteiger partial charge >= 0.3 is 5.69 Å². The van der Waals surface area contributed by atoms with Crippen molar-refractivity contribution in [2.45, 2.75) is 52.7 Å². The van der Waals surface area contributed by atoms with Crippen molar-refractivity contribution < 1.29 is 4.79 Å². The molecule has 1 amide bonds. The predicted molar refractivity (Wildman–Crippen MR) is 82.8 cm³/mol. The average Bonchev–Trinajstić information content (AvgIpc) is 3.07. The van der Waals surface area contributed by atoms with Gasteiger partial charge < -0.3 is 9.88 Å². The minimum atomic E-state index is -0.314. The Balaban J connectivity index is 1.55. The largest absolute Gasteiger partial charge is 0.349 e. The van der Waals surface area contributed by atoms with Crippen LogP contribution in [0.1, 0.15) is 35.9 Å². The summed E-state index contributed by atoms with van der Waals surface area (Å²) >= 11 is 0. The summed E-state index contributed by atoms with van der Waals surface area (Å²) in [4.78, 5) is 27.7. The van der Waals surface area contributed by atoms with Gasteiger partial charge in [0.1, 0.15) is 5.82 Å². The van der Waals surface area contributed by atoms with Crippen molar-refractivity contribution in [2.24, 2.45) is 0 Å². The molecular formula is C15H20N6O2. The Morgan fingerprint density at radius 1 is 1.35 bits per heavy atom. The molecule has 0 aromatic carbocycles. The zero-order valence-electron chi connectivity index (χ0n) is 13.4. The molecule has 3 rings (SSSR count). The van der Waals surface area contributed by atoms with Crippen molar-refractivity contribution in [3.8, 4) is 0 Å². The summed E-state index contributed by atoms with van der Waals surface area (Å²) in [6.07, 6.45) is 2.25. The van der Waals surface area contributed by atoms with Gasteiger partial charge in [-0.25, -0.2) is 4.79 Å². The monoisotopic (exact) mass is 316 g/mol. The Morgan fingerprint density at radius 3 is 2.96 bits per heavy atom. The molecule has 122 valence electrons. The van der Waals surface area contributed by atoms with Crippen molar-refractivity contribution in [3.05, 3.63) is 39.6 Å². The molecule has 0 atom stereocenters. The van der Waals surface area contributed by atoms with E-state index in [2.05, 4.69) is 25.1 Å². The normalized spacial score (nSPS) is 13.1. The van der Waals surface area contributed by atoms with Crippen LogP contribution in [0.4, 0.5) is 0 Å². The van der Waals surface area contributed by atoms with Crippen LogP contribution in [0.2, 0.25) is 0 Å².